The standard InChI is InChI=1S/C46H48BF2N9O4/c1-32-28-33(2)57-41(32)30-37-16-15-36(58(37)47(57,48)49)17-20-42(59)51-21-23-56-26-24-55(25-27-56)22-7-12-43(60)54-35-8-6-11-40(29-35)62-46-44(45(50)52-31-53-46)34-13-18-39(19-14-34)61-38-9-4-3-5-10-38/h3-16,18-19,28-31H,17,20-27H2,1-2H3,(H,51,59)(H,54,60)(H2,50,52,53). The van der Waals surface area contributed by atoms with Gasteiger partial charge in [-0.25, -0.2) is 9.97 Å². The molecule has 4 N–H and O–H groups in total. The van der Waals surface area contributed by atoms with Crippen LogP contribution in [0.4, 0.5) is 20.1 Å². The molecule has 16 heteroatoms. The number of nitrogen functional groups attached to an aromatic ring is 1. The number of para-hydroxylation sites is 1. The lowest BCUT2D eigenvalue weighted by atomic mass is 9.90. The lowest BCUT2D eigenvalue weighted by molar-refractivity contribution is -0.362. The molecule has 5 heterocycles. The summed E-state index contributed by atoms with van der Waals surface area (Å²) < 4.78 is 45.7. The van der Waals surface area contributed by atoms with Crippen molar-refractivity contribution in [3.63, 3.8) is 0 Å². The predicted octanol–water partition coefficient (Wildman–Crippen LogP) is 7.04. The molecule has 0 aliphatic carbocycles. The third kappa shape index (κ3) is 9.51. The second kappa shape index (κ2) is 18.4. The summed E-state index contributed by atoms with van der Waals surface area (Å²) in [5.41, 5.74) is 10.9. The molecule has 13 nitrogen and oxygen atoms in total. The molecule has 8 rings (SSSR count). The molecule has 0 saturated carbocycles. The SMILES string of the molecule is Cc1cc(C)n2c1C=C1C=CC(CCC(=O)NCCN3CCN(CC=CC(=O)Nc4cccc(Oc5ncnc(N)c5-c5ccc(Oc6ccccc6)cc5)c4)CC3)=[N+]1[B-]2(F)F. The number of anilines is 2. The highest BCUT2D eigenvalue weighted by Crippen LogP contribution is 2.37. The van der Waals surface area contributed by atoms with Crippen LogP contribution in [0.1, 0.15) is 29.8 Å². The molecule has 2 aromatic heterocycles. The zero-order valence-electron chi connectivity index (χ0n) is 34.6. The van der Waals surface area contributed by atoms with Crippen molar-refractivity contribution in [3.8, 4) is 34.3 Å². The number of allylic oxidation sites excluding steroid dienone is 2. The number of carbonyl (C=O) groups excluding carboxylic acids is 2. The maximum atomic E-state index is 15.7. The fraction of sp³-hybridized carbons (Fsp3) is 0.239. The van der Waals surface area contributed by atoms with E-state index in [0.29, 0.717) is 65.2 Å². The quantitative estimate of drug-likeness (QED) is 0.0748. The van der Waals surface area contributed by atoms with E-state index >= 15 is 8.63 Å². The Kier molecular flexibility index (Phi) is 12.4. The minimum Gasteiger partial charge on any atom is -0.457 e. The zero-order chi connectivity index (χ0) is 43.2. The van der Waals surface area contributed by atoms with E-state index < -0.39 is 6.97 Å². The Hall–Kier alpha value is -6.91. The first-order valence-electron chi connectivity index (χ1n) is 20.7. The number of piperazine rings is 1. The summed E-state index contributed by atoms with van der Waals surface area (Å²) in [6, 6.07) is 25.7. The molecule has 3 aliphatic heterocycles. The topological polar surface area (TPSA) is 143 Å². The lowest BCUT2D eigenvalue weighted by Gasteiger charge is -2.34. The van der Waals surface area contributed by atoms with Crippen LogP contribution in [0.2, 0.25) is 0 Å². The summed E-state index contributed by atoms with van der Waals surface area (Å²) in [6.07, 6.45) is 10.2. The van der Waals surface area contributed by atoms with E-state index in [9.17, 15) is 9.59 Å². The molecule has 2 amide bonds. The normalized spacial score (nSPS) is 15.9. The van der Waals surface area contributed by atoms with Crippen LogP contribution in [-0.4, -0.2) is 99.0 Å². The monoisotopic (exact) mass is 839 g/mol. The van der Waals surface area contributed by atoms with Crippen LogP contribution in [0.5, 0.6) is 23.1 Å². The zero-order valence-corrected chi connectivity index (χ0v) is 34.6. The number of nitrogens with two attached hydrogens (primary N) is 1. The molecule has 1 saturated heterocycles. The maximum absolute atomic E-state index is 15.7. The van der Waals surface area contributed by atoms with Crippen molar-refractivity contribution in [2.45, 2.75) is 26.7 Å². The van der Waals surface area contributed by atoms with Crippen LogP contribution in [0, 0.1) is 13.8 Å². The van der Waals surface area contributed by atoms with Gasteiger partial charge >= 0.3 is 6.97 Å². The van der Waals surface area contributed by atoms with Gasteiger partial charge in [0, 0.05) is 100 Å². The van der Waals surface area contributed by atoms with Gasteiger partial charge in [0.1, 0.15) is 35.1 Å². The van der Waals surface area contributed by atoms with Crippen LogP contribution in [0.15, 0.2) is 121 Å². The van der Waals surface area contributed by atoms with E-state index in [1.165, 1.54) is 12.4 Å². The molecule has 0 spiro atoms. The van der Waals surface area contributed by atoms with E-state index in [0.717, 1.165) is 52.0 Å². The maximum Gasteiger partial charge on any atom is 0.737 e. The first kappa shape index (κ1) is 41.8. The smallest absolute Gasteiger partial charge is 0.457 e. The number of rotatable bonds is 15. The second-order valence-corrected chi connectivity index (χ2v) is 15.5. The number of nitrogens with one attached hydrogen (secondary N) is 2. The first-order valence-corrected chi connectivity index (χ1v) is 20.7. The van der Waals surface area contributed by atoms with Crippen LogP contribution in [0.25, 0.3) is 17.2 Å². The number of hydrogen-bond acceptors (Lipinski definition) is 9. The molecule has 0 bridgehead atoms. The van der Waals surface area contributed by atoms with Gasteiger partial charge < -0.3 is 43.4 Å². The highest BCUT2D eigenvalue weighted by molar-refractivity contribution is 6.58. The molecule has 5 aromatic rings. The van der Waals surface area contributed by atoms with E-state index in [-0.39, 0.29) is 36.4 Å². The fourth-order valence-corrected chi connectivity index (χ4v) is 8.06. The van der Waals surface area contributed by atoms with Crippen LogP contribution in [-0.2, 0) is 9.59 Å². The Morgan fingerprint density at radius 2 is 1.63 bits per heavy atom. The summed E-state index contributed by atoms with van der Waals surface area (Å²) in [6.45, 7) is 4.54. The Bertz CT molecular complexity index is 2580. The molecule has 0 atom stereocenters. The highest BCUT2D eigenvalue weighted by atomic mass is 19.2. The molecule has 62 heavy (non-hydrogen) atoms. The molecule has 3 aliphatic rings. The number of amides is 2. The van der Waals surface area contributed by atoms with E-state index in [1.54, 1.807) is 55.5 Å². The summed E-state index contributed by atoms with van der Waals surface area (Å²) in [5.74, 6) is 1.93. The number of aryl methyl sites for hydroxylation is 2. The van der Waals surface area contributed by atoms with E-state index in [1.807, 2.05) is 67.6 Å². The largest absolute Gasteiger partial charge is 0.737 e. The Morgan fingerprint density at radius 1 is 0.887 bits per heavy atom. The Balaban J connectivity index is 0.753. The lowest BCUT2D eigenvalue weighted by Crippen LogP contribution is -2.50. The number of hydrogen-bond donors (Lipinski definition) is 3. The number of benzene rings is 3. The molecule has 0 radical (unpaired) electrons. The molecule has 3 aromatic carbocycles. The number of fused-ring (bicyclic) bond motifs is 2. The van der Waals surface area contributed by atoms with Crippen LogP contribution >= 0.6 is 0 Å². The van der Waals surface area contributed by atoms with Gasteiger partial charge in [-0.1, -0.05) is 42.5 Å². The number of carbonyl (C=O) groups is 2. The third-order valence-electron chi connectivity index (χ3n) is 11.1. The molecule has 0 unspecified atom stereocenters. The number of aromatic nitrogens is 3. The van der Waals surface area contributed by atoms with Crippen molar-refractivity contribution in [1.29, 1.82) is 0 Å². The average Bonchev–Trinajstić information content (AvgIpc) is 3.81. The molecule has 1 fully saturated rings. The van der Waals surface area contributed by atoms with Crippen molar-refractivity contribution in [2.24, 2.45) is 0 Å². The molecular formula is C46H48BF2N9O4. The van der Waals surface area contributed by atoms with E-state index in [4.69, 9.17) is 15.2 Å². The van der Waals surface area contributed by atoms with Gasteiger partial charge in [0.25, 0.3) is 0 Å². The van der Waals surface area contributed by atoms with Crippen molar-refractivity contribution in [2.75, 3.05) is 56.9 Å². The number of nitrogens with zero attached hydrogens (tertiary/aromatic N) is 6. The number of halogens is 2. The van der Waals surface area contributed by atoms with Crippen molar-refractivity contribution < 1.29 is 32.2 Å². The van der Waals surface area contributed by atoms with Gasteiger partial charge in [-0.3, -0.25) is 19.4 Å². The van der Waals surface area contributed by atoms with Crippen molar-refractivity contribution in [1.82, 2.24) is 29.6 Å². The van der Waals surface area contributed by atoms with E-state index in [2.05, 4.69) is 30.4 Å². The van der Waals surface area contributed by atoms with Crippen molar-refractivity contribution in [3.05, 3.63) is 138 Å². The fourth-order valence-electron chi connectivity index (χ4n) is 8.06. The molecule has 318 valence electrons. The van der Waals surface area contributed by atoms with Gasteiger partial charge in [0.15, 0.2) is 5.70 Å². The third-order valence-corrected chi connectivity index (χ3v) is 11.1. The molecular weight excluding hydrogens is 791 g/mol. The Morgan fingerprint density at radius 3 is 2.42 bits per heavy atom. The number of ether oxygens (including phenoxy) is 2. The predicted molar refractivity (Wildman–Crippen MR) is 237 cm³/mol. The van der Waals surface area contributed by atoms with Gasteiger partial charge in [0.2, 0.25) is 17.7 Å². The highest BCUT2D eigenvalue weighted by Gasteiger charge is 2.52. The minimum absolute atomic E-state index is 0.126. The van der Waals surface area contributed by atoms with Gasteiger partial charge in [-0.15, -0.1) is 0 Å². The first-order chi connectivity index (χ1) is 30.0. The van der Waals surface area contributed by atoms with Gasteiger partial charge in [-0.05, 0) is 73.1 Å². The summed E-state index contributed by atoms with van der Waals surface area (Å²) >= 11 is 0. The average molecular weight is 840 g/mol. The minimum atomic E-state index is -4.04. The summed E-state index contributed by atoms with van der Waals surface area (Å²) in [5, 5.41) is 5.85. The van der Waals surface area contributed by atoms with Gasteiger partial charge in [-0.2, -0.15) is 0 Å². The summed E-state index contributed by atoms with van der Waals surface area (Å²) in [4.78, 5) is 38.6. The summed E-state index contributed by atoms with van der Waals surface area (Å²) in [7, 11) is 0. The van der Waals surface area contributed by atoms with Crippen LogP contribution in [0.3, 0.4) is 0 Å². The Labute approximate surface area is 358 Å². The van der Waals surface area contributed by atoms with Gasteiger partial charge in [0.05, 0.1) is 5.56 Å². The van der Waals surface area contributed by atoms with Crippen LogP contribution < -0.4 is 25.8 Å². The van der Waals surface area contributed by atoms with Crippen molar-refractivity contribution >= 4 is 42.1 Å². The second-order valence-electron chi connectivity index (χ2n) is 15.5.